The number of hydrogen-bond donors (Lipinski definition) is 1. The molecule has 1 aliphatic heterocycles. The second-order valence-electron chi connectivity index (χ2n) is 4.80. The molecule has 110 valence electrons. The lowest BCUT2D eigenvalue weighted by atomic mass is 10.3. The predicted molar refractivity (Wildman–Crippen MR) is 82.1 cm³/mol. The molecule has 0 aromatic heterocycles. The van der Waals surface area contributed by atoms with Crippen LogP contribution in [0, 0.1) is 0 Å². The van der Waals surface area contributed by atoms with Crippen LogP contribution >= 0.6 is 15.9 Å². The highest BCUT2D eigenvalue weighted by Crippen LogP contribution is 2.23. The van der Waals surface area contributed by atoms with E-state index < -0.39 is 0 Å². The number of urea groups is 1. The molecule has 1 fully saturated rings. The fourth-order valence-electron chi connectivity index (χ4n) is 2.00. The van der Waals surface area contributed by atoms with Crippen LogP contribution in [-0.4, -0.2) is 62.2 Å². The summed E-state index contributed by atoms with van der Waals surface area (Å²) >= 11 is 3.42. The van der Waals surface area contributed by atoms with E-state index in [1.807, 2.05) is 29.2 Å². The van der Waals surface area contributed by atoms with Gasteiger partial charge in [-0.2, -0.15) is 0 Å². The number of halogens is 1. The van der Waals surface area contributed by atoms with Crippen LogP contribution in [0.5, 0.6) is 5.75 Å². The molecule has 2 amide bonds. The zero-order chi connectivity index (χ0) is 14.4. The fraction of sp³-hybridized carbons (Fsp3) is 0.500. The molecular formula is C14H20BrN3O2. The highest BCUT2D eigenvalue weighted by atomic mass is 79.9. The first-order valence-corrected chi connectivity index (χ1v) is 7.55. The van der Waals surface area contributed by atoms with E-state index in [0.717, 1.165) is 36.4 Å². The molecule has 1 aromatic carbocycles. The van der Waals surface area contributed by atoms with E-state index in [4.69, 9.17) is 4.74 Å². The summed E-state index contributed by atoms with van der Waals surface area (Å²) in [6.45, 7) is 4.40. The summed E-state index contributed by atoms with van der Waals surface area (Å²) in [6, 6.07) is 7.67. The van der Waals surface area contributed by atoms with Gasteiger partial charge in [0.15, 0.2) is 0 Å². The number of benzene rings is 1. The van der Waals surface area contributed by atoms with Gasteiger partial charge in [-0.3, -0.25) is 0 Å². The van der Waals surface area contributed by atoms with Crippen LogP contribution in [0.15, 0.2) is 28.7 Å². The lowest BCUT2D eigenvalue weighted by Gasteiger charge is -2.32. The molecule has 0 unspecified atom stereocenters. The van der Waals surface area contributed by atoms with Crippen LogP contribution in [0.2, 0.25) is 0 Å². The first kappa shape index (κ1) is 15.1. The Morgan fingerprint density at radius 1 is 1.30 bits per heavy atom. The first-order chi connectivity index (χ1) is 9.66. The topological polar surface area (TPSA) is 44.8 Å². The molecule has 1 aliphatic rings. The average Bonchev–Trinajstić information content (AvgIpc) is 2.46. The highest BCUT2D eigenvalue weighted by Gasteiger charge is 2.18. The molecule has 0 bridgehead atoms. The standard InChI is InChI=1S/C14H20BrN3O2/c1-17-7-9-18(10-8-17)14(19)16-6-11-20-13-5-3-2-4-12(13)15/h2-5H,6-11H2,1H3,(H,16,19). The van der Waals surface area contributed by atoms with Crippen molar-refractivity contribution in [3.05, 3.63) is 28.7 Å². The minimum Gasteiger partial charge on any atom is -0.491 e. The normalized spacial score (nSPS) is 16.0. The second-order valence-corrected chi connectivity index (χ2v) is 5.66. The zero-order valence-corrected chi connectivity index (χ0v) is 13.2. The van der Waals surface area contributed by atoms with Gasteiger partial charge in [0.1, 0.15) is 12.4 Å². The largest absolute Gasteiger partial charge is 0.491 e. The van der Waals surface area contributed by atoms with Gasteiger partial charge in [0.05, 0.1) is 11.0 Å². The van der Waals surface area contributed by atoms with Gasteiger partial charge < -0.3 is 19.9 Å². The smallest absolute Gasteiger partial charge is 0.317 e. The lowest BCUT2D eigenvalue weighted by Crippen LogP contribution is -2.51. The Morgan fingerprint density at radius 2 is 2.00 bits per heavy atom. The van der Waals surface area contributed by atoms with E-state index in [-0.39, 0.29) is 6.03 Å². The van der Waals surface area contributed by atoms with E-state index in [0.29, 0.717) is 13.2 Å². The van der Waals surface area contributed by atoms with E-state index >= 15 is 0 Å². The van der Waals surface area contributed by atoms with Gasteiger partial charge in [0, 0.05) is 26.2 Å². The van der Waals surface area contributed by atoms with E-state index in [1.165, 1.54) is 0 Å². The molecule has 6 heteroatoms. The Balaban J connectivity index is 1.66. The Morgan fingerprint density at radius 3 is 2.70 bits per heavy atom. The summed E-state index contributed by atoms with van der Waals surface area (Å²) in [5.74, 6) is 0.793. The number of nitrogens with zero attached hydrogens (tertiary/aromatic N) is 2. The molecule has 0 radical (unpaired) electrons. The van der Waals surface area contributed by atoms with Gasteiger partial charge in [0.2, 0.25) is 0 Å². The van der Waals surface area contributed by atoms with Crippen molar-refractivity contribution in [3.8, 4) is 5.75 Å². The van der Waals surface area contributed by atoms with Crippen molar-refractivity contribution >= 4 is 22.0 Å². The van der Waals surface area contributed by atoms with Crippen molar-refractivity contribution in [2.24, 2.45) is 0 Å². The van der Waals surface area contributed by atoms with Crippen LogP contribution in [0.25, 0.3) is 0 Å². The SMILES string of the molecule is CN1CCN(C(=O)NCCOc2ccccc2Br)CC1. The van der Waals surface area contributed by atoms with Crippen LogP contribution in [0.1, 0.15) is 0 Å². The molecular weight excluding hydrogens is 322 g/mol. The minimum atomic E-state index is -0.00572. The number of amides is 2. The van der Waals surface area contributed by atoms with Crippen molar-refractivity contribution < 1.29 is 9.53 Å². The van der Waals surface area contributed by atoms with Crippen molar-refractivity contribution in [1.82, 2.24) is 15.1 Å². The summed E-state index contributed by atoms with van der Waals surface area (Å²) < 4.78 is 6.52. The number of ether oxygens (including phenoxy) is 1. The van der Waals surface area contributed by atoms with E-state index in [2.05, 4.69) is 33.2 Å². The van der Waals surface area contributed by atoms with Gasteiger partial charge in [-0.25, -0.2) is 4.79 Å². The Labute approximate surface area is 128 Å². The maximum absolute atomic E-state index is 11.9. The molecule has 5 nitrogen and oxygen atoms in total. The monoisotopic (exact) mass is 341 g/mol. The summed E-state index contributed by atoms with van der Waals surface area (Å²) in [5, 5.41) is 2.89. The van der Waals surface area contributed by atoms with Crippen LogP contribution in [0.4, 0.5) is 4.79 Å². The van der Waals surface area contributed by atoms with E-state index in [1.54, 1.807) is 0 Å². The summed E-state index contributed by atoms with van der Waals surface area (Å²) in [6.07, 6.45) is 0. The predicted octanol–water partition coefficient (Wildman–Crippen LogP) is 1.78. The van der Waals surface area contributed by atoms with Crippen LogP contribution in [0.3, 0.4) is 0 Å². The van der Waals surface area contributed by atoms with Crippen molar-refractivity contribution in [2.75, 3.05) is 46.4 Å². The average molecular weight is 342 g/mol. The maximum Gasteiger partial charge on any atom is 0.317 e. The number of hydrogen-bond acceptors (Lipinski definition) is 3. The fourth-order valence-corrected chi connectivity index (χ4v) is 2.40. The third-order valence-corrected chi connectivity index (χ3v) is 3.92. The molecule has 0 atom stereocenters. The van der Waals surface area contributed by atoms with Gasteiger partial charge in [-0.1, -0.05) is 12.1 Å². The zero-order valence-electron chi connectivity index (χ0n) is 11.6. The Bertz CT molecular complexity index is 448. The van der Waals surface area contributed by atoms with Gasteiger partial charge in [0.25, 0.3) is 0 Å². The molecule has 1 saturated heterocycles. The molecule has 0 saturated carbocycles. The molecule has 0 aliphatic carbocycles. The van der Waals surface area contributed by atoms with Gasteiger partial charge in [-0.05, 0) is 35.1 Å². The van der Waals surface area contributed by atoms with Gasteiger partial charge in [-0.15, -0.1) is 0 Å². The Kier molecular flexibility index (Phi) is 5.67. The first-order valence-electron chi connectivity index (χ1n) is 6.75. The summed E-state index contributed by atoms with van der Waals surface area (Å²) in [4.78, 5) is 16.0. The molecule has 1 N–H and O–H groups in total. The Hall–Kier alpha value is -1.27. The molecule has 1 aromatic rings. The number of carbonyl (C=O) groups is 1. The quantitative estimate of drug-likeness (QED) is 0.849. The van der Waals surface area contributed by atoms with Crippen molar-refractivity contribution in [3.63, 3.8) is 0 Å². The number of para-hydroxylation sites is 1. The maximum atomic E-state index is 11.9. The molecule has 0 spiro atoms. The molecule has 2 rings (SSSR count). The summed E-state index contributed by atoms with van der Waals surface area (Å²) in [7, 11) is 2.07. The van der Waals surface area contributed by atoms with Crippen LogP contribution < -0.4 is 10.1 Å². The van der Waals surface area contributed by atoms with E-state index in [9.17, 15) is 4.79 Å². The van der Waals surface area contributed by atoms with Gasteiger partial charge >= 0.3 is 6.03 Å². The molecule has 1 heterocycles. The minimum absolute atomic E-state index is 0.00572. The number of likely N-dealkylation sites (N-methyl/N-ethyl adjacent to an activating group) is 1. The number of rotatable bonds is 4. The second kappa shape index (κ2) is 7.50. The van der Waals surface area contributed by atoms with Crippen molar-refractivity contribution in [1.29, 1.82) is 0 Å². The summed E-state index contributed by atoms with van der Waals surface area (Å²) in [5.41, 5.74) is 0. The number of nitrogens with one attached hydrogen (secondary N) is 1. The number of piperazine rings is 1. The third-order valence-electron chi connectivity index (χ3n) is 3.26. The number of carbonyl (C=O) groups excluding carboxylic acids is 1. The third kappa shape index (κ3) is 4.38. The highest BCUT2D eigenvalue weighted by molar-refractivity contribution is 9.10. The van der Waals surface area contributed by atoms with Crippen molar-refractivity contribution in [2.45, 2.75) is 0 Å². The van der Waals surface area contributed by atoms with Crippen LogP contribution in [-0.2, 0) is 0 Å². The lowest BCUT2D eigenvalue weighted by molar-refractivity contribution is 0.153. The molecule has 20 heavy (non-hydrogen) atoms.